The van der Waals surface area contributed by atoms with Gasteiger partial charge in [-0.15, -0.1) is 0 Å². The fraction of sp³-hybridized carbons (Fsp3) is 0.351. The normalized spacial score (nSPS) is 25.7. The molecule has 1 aliphatic heterocycles. The lowest BCUT2D eigenvalue weighted by Gasteiger charge is -2.49. The van der Waals surface area contributed by atoms with Gasteiger partial charge in [-0.25, -0.2) is 9.79 Å². The molecule has 2 aliphatic rings. The van der Waals surface area contributed by atoms with Gasteiger partial charge < -0.3 is 43.7 Å². The summed E-state index contributed by atoms with van der Waals surface area (Å²) >= 11 is 0. The van der Waals surface area contributed by atoms with Gasteiger partial charge in [0.1, 0.15) is 36.7 Å². The van der Waals surface area contributed by atoms with Gasteiger partial charge in [-0.1, -0.05) is 91.0 Å². The Morgan fingerprint density at radius 3 is 1.88 bits per heavy atom. The van der Waals surface area contributed by atoms with Crippen molar-refractivity contribution in [3.8, 4) is 0 Å². The number of ether oxygens (including phenoxy) is 6. The number of fused-ring (bicyclic) bond motifs is 1. The minimum absolute atomic E-state index is 0.106. The van der Waals surface area contributed by atoms with E-state index in [0.29, 0.717) is 23.7 Å². The van der Waals surface area contributed by atoms with Crippen LogP contribution in [0, 0.1) is 5.92 Å². The summed E-state index contributed by atoms with van der Waals surface area (Å²) in [6.07, 6.45) is -6.01. The molecular formula is C37H39N3O11. The van der Waals surface area contributed by atoms with Crippen LogP contribution in [-0.2, 0) is 67.4 Å². The molecule has 0 bridgehead atoms. The van der Waals surface area contributed by atoms with Gasteiger partial charge in [0.05, 0.1) is 25.7 Å². The smallest absolute Gasteiger partial charge is 0.414 e. The molecule has 14 nitrogen and oxygen atoms in total. The van der Waals surface area contributed by atoms with Gasteiger partial charge in [0.2, 0.25) is 0 Å². The standard InChI is InChI=1S/C37H39N3O11/c1-24(43)49-31-29(18-41)37(30(19-42)47-21-27-14-8-4-9-15-27,40-34(38)39-35(45)48-22-28-16-10-5-11-17-28)33(50-25(2)44)32-36(31,51-32)23-46-20-26-12-6-3-7-13-26/h3-19,29-33H,20-23H2,1-2H3,(H3,38,39,40,45)/t29-,30+,31+,32+,33+,36-,37-/m0/s1. The number of carbonyl (C=O) groups is 5. The van der Waals surface area contributed by atoms with E-state index >= 15 is 0 Å². The van der Waals surface area contributed by atoms with Crippen LogP contribution in [0.15, 0.2) is 96.0 Å². The predicted molar refractivity (Wildman–Crippen MR) is 180 cm³/mol. The molecule has 1 amide bonds. The lowest BCUT2D eigenvalue weighted by atomic mass is 9.63. The number of hydrogen-bond donors (Lipinski definition) is 2. The van der Waals surface area contributed by atoms with Gasteiger partial charge in [-0.05, 0) is 16.7 Å². The second-order valence-electron chi connectivity index (χ2n) is 12.1. The topological polar surface area (TPSA) is 194 Å². The number of rotatable bonds is 15. The summed E-state index contributed by atoms with van der Waals surface area (Å²) in [5, 5.41) is 2.30. The van der Waals surface area contributed by atoms with E-state index in [1.54, 1.807) is 60.7 Å². The van der Waals surface area contributed by atoms with Crippen LogP contribution >= 0.6 is 0 Å². The number of amides is 1. The number of guanidine groups is 1. The number of aldehydes is 2. The van der Waals surface area contributed by atoms with Crippen LogP contribution in [0.25, 0.3) is 0 Å². The van der Waals surface area contributed by atoms with E-state index in [9.17, 15) is 24.0 Å². The summed E-state index contributed by atoms with van der Waals surface area (Å²) < 4.78 is 35.2. The molecule has 1 saturated heterocycles. The number of nitrogens with two attached hydrogens (primary N) is 1. The molecule has 5 rings (SSSR count). The van der Waals surface area contributed by atoms with Crippen molar-refractivity contribution in [2.75, 3.05) is 6.61 Å². The summed E-state index contributed by atoms with van der Waals surface area (Å²) in [7, 11) is 0. The third-order valence-electron chi connectivity index (χ3n) is 8.62. The first-order valence-corrected chi connectivity index (χ1v) is 16.2. The molecule has 3 aromatic carbocycles. The molecule has 0 spiro atoms. The van der Waals surface area contributed by atoms with Crippen LogP contribution in [0.3, 0.4) is 0 Å². The number of benzene rings is 3. The minimum Gasteiger partial charge on any atom is -0.458 e. The Morgan fingerprint density at radius 2 is 1.35 bits per heavy atom. The van der Waals surface area contributed by atoms with E-state index in [0.717, 1.165) is 19.4 Å². The lowest BCUT2D eigenvalue weighted by molar-refractivity contribution is -0.184. The Bertz CT molecular complexity index is 1710. The third-order valence-corrected chi connectivity index (χ3v) is 8.62. The van der Waals surface area contributed by atoms with Gasteiger partial charge in [0.15, 0.2) is 24.0 Å². The van der Waals surface area contributed by atoms with Crippen molar-refractivity contribution < 1.29 is 52.4 Å². The van der Waals surface area contributed by atoms with Crippen molar-refractivity contribution in [1.82, 2.24) is 5.32 Å². The molecule has 1 heterocycles. The maximum Gasteiger partial charge on any atom is 0.414 e. The molecule has 14 heteroatoms. The summed E-state index contributed by atoms with van der Waals surface area (Å²) in [4.78, 5) is 69.1. The quantitative estimate of drug-likeness (QED) is 0.0589. The first-order valence-electron chi connectivity index (χ1n) is 16.2. The number of esters is 2. The second-order valence-corrected chi connectivity index (χ2v) is 12.1. The number of aliphatic imine (C=N–C) groups is 1. The second kappa shape index (κ2) is 16.5. The summed E-state index contributed by atoms with van der Waals surface area (Å²) in [5.74, 6) is -3.80. The fourth-order valence-electron chi connectivity index (χ4n) is 6.39. The van der Waals surface area contributed by atoms with E-state index in [1.165, 1.54) is 0 Å². The first-order chi connectivity index (χ1) is 24.6. The zero-order valence-corrected chi connectivity index (χ0v) is 28.0. The van der Waals surface area contributed by atoms with Gasteiger partial charge in [0.25, 0.3) is 0 Å². The highest BCUT2D eigenvalue weighted by Crippen LogP contribution is 2.58. The summed E-state index contributed by atoms with van der Waals surface area (Å²) in [6.45, 7) is 1.94. The van der Waals surface area contributed by atoms with Gasteiger partial charge in [-0.3, -0.25) is 14.9 Å². The zero-order valence-electron chi connectivity index (χ0n) is 28.0. The van der Waals surface area contributed by atoms with E-state index in [2.05, 4.69) is 10.3 Å². The van der Waals surface area contributed by atoms with Crippen molar-refractivity contribution in [2.24, 2.45) is 16.6 Å². The molecule has 7 atom stereocenters. The molecule has 3 aromatic rings. The third kappa shape index (κ3) is 8.48. The van der Waals surface area contributed by atoms with E-state index < -0.39 is 65.5 Å². The number of alkyl carbamates (subject to hydrolysis) is 1. The molecule has 0 unspecified atom stereocenters. The van der Waals surface area contributed by atoms with Gasteiger partial charge in [-0.2, -0.15) is 0 Å². The highest BCUT2D eigenvalue weighted by molar-refractivity contribution is 5.93. The van der Waals surface area contributed by atoms with Crippen LogP contribution in [0.4, 0.5) is 4.79 Å². The first kappa shape index (κ1) is 36.8. The molecule has 2 fully saturated rings. The van der Waals surface area contributed by atoms with Gasteiger partial charge in [0, 0.05) is 13.8 Å². The van der Waals surface area contributed by atoms with Crippen LogP contribution < -0.4 is 11.1 Å². The van der Waals surface area contributed by atoms with Crippen LogP contribution in [0.5, 0.6) is 0 Å². The van der Waals surface area contributed by atoms with E-state index in [1.807, 2.05) is 30.3 Å². The van der Waals surface area contributed by atoms with Crippen LogP contribution in [-0.4, -0.2) is 78.7 Å². The predicted octanol–water partition coefficient (Wildman–Crippen LogP) is 2.80. The Kier molecular flexibility index (Phi) is 11.9. The fourth-order valence-corrected chi connectivity index (χ4v) is 6.39. The molecule has 51 heavy (non-hydrogen) atoms. The maximum absolute atomic E-state index is 13.3. The zero-order chi connectivity index (χ0) is 36.4. The van der Waals surface area contributed by atoms with Crippen molar-refractivity contribution in [3.05, 3.63) is 108 Å². The molecule has 1 aliphatic carbocycles. The minimum atomic E-state index is -2.25. The molecular weight excluding hydrogens is 662 g/mol. The summed E-state index contributed by atoms with van der Waals surface area (Å²) in [6, 6.07) is 26.9. The monoisotopic (exact) mass is 701 g/mol. The average molecular weight is 702 g/mol. The number of hydrogen-bond acceptors (Lipinski definition) is 12. The Morgan fingerprint density at radius 1 is 0.824 bits per heavy atom. The van der Waals surface area contributed by atoms with Crippen LogP contribution in [0.2, 0.25) is 0 Å². The average Bonchev–Trinajstić information content (AvgIpc) is 3.85. The molecule has 268 valence electrons. The number of epoxide rings is 1. The molecule has 1 saturated carbocycles. The number of carbonyl (C=O) groups excluding carboxylic acids is 5. The van der Waals surface area contributed by atoms with Gasteiger partial charge >= 0.3 is 18.0 Å². The van der Waals surface area contributed by atoms with E-state index in [-0.39, 0.29) is 26.4 Å². The largest absolute Gasteiger partial charge is 0.458 e. The molecule has 0 radical (unpaired) electrons. The highest BCUT2D eigenvalue weighted by Gasteiger charge is 2.81. The van der Waals surface area contributed by atoms with Crippen molar-refractivity contribution >= 4 is 36.6 Å². The van der Waals surface area contributed by atoms with E-state index in [4.69, 9.17) is 34.2 Å². The Balaban J connectivity index is 1.56. The highest BCUT2D eigenvalue weighted by atomic mass is 16.7. The number of nitrogens with zero attached hydrogens (tertiary/aromatic N) is 1. The Labute approximate surface area is 294 Å². The van der Waals surface area contributed by atoms with Crippen molar-refractivity contribution in [1.29, 1.82) is 0 Å². The lowest BCUT2D eigenvalue weighted by Crippen LogP contribution is -2.71. The molecule has 3 N–H and O–H groups in total. The maximum atomic E-state index is 13.3. The van der Waals surface area contributed by atoms with Crippen molar-refractivity contribution in [3.63, 3.8) is 0 Å². The Hall–Kier alpha value is -5.44. The van der Waals surface area contributed by atoms with Crippen LogP contribution in [0.1, 0.15) is 30.5 Å². The molecule has 0 aromatic heterocycles. The SMILES string of the molecule is CC(=O)O[C@@H]1[C@H](C=O)[C@](N=C(N)NC(=O)OCc2ccccc2)([C@@H](C=O)OCc2ccccc2)[C@H](OC(C)=O)[C@H]2O[C@]21COCc1ccccc1. The number of nitrogens with one attached hydrogen (secondary N) is 1. The summed E-state index contributed by atoms with van der Waals surface area (Å²) in [5.41, 5.74) is 4.72. The van der Waals surface area contributed by atoms with Crippen molar-refractivity contribution in [2.45, 2.75) is 69.2 Å².